The zero-order valence-electron chi connectivity index (χ0n) is 13.4. The van der Waals surface area contributed by atoms with E-state index in [9.17, 15) is 4.79 Å². The zero-order valence-corrected chi connectivity index (χ0v) is 13.4. The van der Waals surface area contributed by atoms with Crippen molar-refractivity contribution in [3.8, 4) is 0 Å². The molecule has 0 saturated carbocycles. The van der Waals surface area contributed by atoms with Gasteiger partial charge in [0.15, 0.2) is 0 Å². The summed E-state index contributed by atoms with van der Waals surface area (Å²) in [7, 11) is 0. The van der Waals surface area contributed by atoms with E-state index < -0.39 is 0 Å². The molecule has 0 saturated heterocycles. The van der Waals surface area contributed by atoms with Crippen LogP contribution in [0.25, 0.3) is 0 Å². The minimum Gasteiger partial charge on any atom is -0.333 e. The summed E-state index contributed by atoms with van der Waals surface area (Å²) in [5.41, 5.74) is 4.60. The summed E-state index contributed by atoms with van der Waals surface area (Å²) in [4.78, 5) is 15.2. The number of amides is 1. The summed E-state index contributed by atoms with van der Waals surface area (Å²) in [6, 6.07) is 28.6. The number of nitrogens with zero attached hydrogens (tertiary/aromatic N) is 1. The molecule has 24 heavy (non-hydrogen) atoms. The van der Waals surface area contributed by atoms with Crippen LogP contribution in [0, 0.1) is 0 Å². The van der Waals surface area contributed by atoms with Gasteiger partial charge in [0, 0.05) is 13.1 Å². The van der Waals surface area contributed by atoms with Crippen LogP contribution in [0.4, 0.5) is 0 Å². The highest BCUT2D eigenvalue weighted by atomic mass is 16.2. The van der Waals surface area contributed by atoms with Crippen LogP contribution in [0.2, 0.25) is 0 Å². The Morgan fingerprint density at radius 1 is 0.792 bits per heavy atom. The zero-order chi connectivity index (χ0) is 16.4. The summed E-state index contributed by atoms with van der Waals surface area (Å²) in [6.07, 6.45) is 0. The predicted molar refractivity (Wildman–Crippen MR) is 95.4 cm³/mol. The number of fused-ring (bicyclic) bond motifs is 1. The Morgan fingerprint density at radius 2 is 1.42 bits per heavy atom. The average molecular weight is 313 g/mol. The lowest BCUT2D eigenvalue weighted by molar-refractivity contribution is -0.134. The molecular formula is C22H19NO. The van der Waals surface area contributed by atoms with Crippen molar-refractivity contribution < 1.29 is 4.79 Å². The maximum Gasteiger partial charge on any atom is 0.235 e. The van der Waals surface area contributed by atoms with E-state index in [4.69, 9.17) is 0 Å². The van der Waals surface area contributed by atoms with Crippen LogP contribution >= 0.6 is 0 Å². The van der Waals surface area contributed by atoms with Gasteiger partial charge in [-0.1, -0.05) is 84.9 Å². The molecule has 0 unspecified atom stereocenters. The normalized spacial score (nSPS) is 16.8. The van der Waals surface area contributed by atoms with E-state index in [2.05, 4.69) is 30.3 Å². The molecular weight excluding hydrogens is 294 g/mol. The maximum absolute atomic E-state index is 13.2. The standard InChI is InChI=1S/C22H19NO/c24-22-21(18-11-5-2-6-12-18)20-14-8-7-13-19(20)16-23(22)15-17-9-3-1-4-10-17/h1-14,21H,15-16H2/t21-/m0/s1. The van der Waals surface area contributed by atoms with E-state index in [1.165, 1.54) is 5.56 Å². The summed E-state index contributed by atoms with van der Waals surface area (Å²) >= 11 is 0. The summed E-state index contributed by atoms with van der Waals surface area (Å²) < 4.78 is 0. The third kappa shape index (κ3) is 2.71. The molecule has 2 nitrogen and oxygen atoms in total. The molecule has 0 aliphatic carbocycles. The lowest BCUT2D eigenvalue weighted by atomic mass is 9.84. The molecule has 0 bridgehead atoms. The van der Waals surface area contributed by atoms with Gasteiger partial charge in [0.05, 0.1) is 5.92 Å². The molecule has 0 N–H and O–H groups in total. The molecule has 1 aliphatic heterocycles. The first-order valence-electron chi connectivity index (χ1n) is 8.28. The highest BCUT2D eigenvalue weighted by Crippen LogP contribution is 2.35. The predicted octanol–water partition coefficient (Wildman–Crippen LogP) is 4.36. The largest absolute Gasteiger partial charge is 0.333 e. The number of carbonyl (C=O) groups excluding carboxylic acids is 1. The van der Waals surface area contributed by atoms with Crippen LogP contribution in [0.15, 0.2) is 84.9 Å². The fraction of sp³-hybridized carbons (Fsp3) is 0.136. The monoisotopic (exact) mass is 313 g/mol. The van der Waals surface area contributed by atoms with E-state index in [1.54, 1.807) is 0 Å². The van der Waals surface area contributed by atoms with Gasteiger partial charge in [0.1, 0.15) is 0 Å². The van der Waals surface area contributed by atoms with E-state index in [-0.39, 0.29) is 11.8 Å². The van der Waals surface area contributed by atoms with Crippen LogP contribution in [-0.2, 0) is 17.9 Å². The van der Waals surface area contributed by atoms with Gasteiger partial charge >= 0.3 is 0 Å². The number of hydrogen-bond donors (Lipinski definition) is 0. The molecule has 4 rings (SSSR count). The van der Waals surface area contributed by atoms with Crippen LogP contribution in [0.5, 0.6) is 0 Å². The first kappa shape index (κ1) is 14.7. The average Bonchev–Trinajstić information content (AvgIpc) is 2.64. The molecule has 3 aromatic carbocycles. The van der Waals surface area contributed by atoms with Gasteiger partial charge in [-0.05, 0) is 22.3 Å². The van der Waals surface area contributed by atoms with Crippen LogP contribution in [0.3, 0.4) is 0 Å². The molecule has 1 atom stereocenters. The fourth-order valence-corrected chi connectivity index (χ4v) is 3.46. The number of rotatable bonds is 3. The Kier molecular flexibility index (Phi) is 3.87. The smallest absolute Gasteiger partial charge is 0.235 e. The third-order valence-corrected chi connectivity index (χ3v) is 4.64. The Hall–Kier alpha value is -2.87. The summed E-state index contributed by atoms with van der Waals surface area (Å²) in [6.45, 7) is 1.32. The Labute approximate surface area is 142 Å². The van der Waals surface area contributed by atoms with Gasteiger partial charge in [-0.25, -0.2) is 0 Å². The molecule has 3 aromatic rings. The molecule has 118 valence electrons. The van der Waals surface area contributed by atoms with Crippen molar-refractivity contribution in [1.82, 2.24) is 4.90 Å². The van der Waals surface area contributed by atoms with Gasteiger partial charge in [-0.3, -0.25) is 4.79 Å². The number of benzene rings is 3. The van der Waals surface area contributed by atoms with Crippen molar-refractivity contribution in [2.45, 2.75) is 19.0 Å². The topological polar surface area (TPSA) is 20.3 Å². The number of hydrogen-bond acceptors (Lipinski definition) is 1. The lowest BCUT2D eigenvalue weighted by Gasteiger charge is -2.34. The van der Waals surface area contributed by atoms with Crippen molar-refractivity contribution in [3.05, 3.63) is 107 Å². The highest BCUT2D eigenvalue weighted by molar-refractivity contribution is 5.89. The van der Waals surface area contributed by atoms with Crippen molar-refractivity contribution in [2.75, 3.05) is 0 Å². The molecule has 1 heterocycles. The maximum atomic E-state index is 13.2. The first-order chi connectivity index (χ1) is 11.8. The van der Waals surface area contributed by atoms with E-state index in [0.29, 0.717) is 13.1 Å². The summed E-state index contributed by atoms with van der Waals surface area (Å²) in [5.74, 6) is -0.0244. The van der Waals surface area contributed by atoms with Gasteiger partial charge in [0.25, 0.3) is 0 Å². The van der Waals surface area contributed by atoms with Gasteiger partial charge < -0.3 is 4.90 Å². The highest BCUT2D eigenvalue weighted by Gasteiger charge is 2.33. The Balaban J connectivity index is 1.74. The Bertz CT molecular complexity index is 842. The second-order valence-corrected chi connectivity index (χ2v) is 6.22. The van der Waals surface area contributed by atoms with Crippen molar-refractivity contribution in [3.63, 3.8) is 0 Å². The Morgan fingerprint density at radius 3 is 2.17 bits per heavy atom. The third-order valence-electron chi connectivity index (χ3n) is 4.64. The first-order valence-corrected chi connectivity index (χ1v) is 8.28. The SMILES string of the molecule is O=C1[C@@H](c2ccccc2)c2ccccc2CN1Cc1ccccc1. The molecule has 0 fully saturated rings. The quantitative estimate of drug-likeness (QED) is 0.703. The minimum atomic E-state index is -0.208. The van der Waals surface area contributed by atoms with E-state index >= 15 is 0 Å². The van der Waals surface area contributed by atoms with Crippen molar-refractivity contribution >= 4 is 5.91 Å². The van der Waals surface area contributed by atoms with Crippen LogP contribution in [-0.4, -0.2) is 10.8 Å². The molecule has 1 amide bonds. The summed E-state index contributed by atoms with van der Waals surface area (Å²) in [5, 5.41) is 0. The fourth-order valence-electron chi connectivity index (χ4n) is 3.46. The lowest BCUT2D eigenvalue weighted by Crippen LogP contribution is -2.39. The minimum absolute atomic E-state index is 0.184. The van der Waals surface area contributed by atoms with Gasteiger partial charge in [-0.15, -0.1) is 0 Å². The van der Waals surface area contributed by atoms with Crippen LogP contribution < -0.4 is 0 Å². The van der Waals surface area contributed by atoms with E-state index in [1.807, 2.05) is 59.5 Å². The van der Waals surface area contributed by atoms with Gasteiger partial charge in [-0.2, -0.15) is 0 Å². The second kappa shape index (κ2) is 6.32. The van der Waals surface area contributed by atoms with E-state index in [0.717, 1.165) is 16.7 Å². The number of carbonyl (C=O) groups is 1. The second-order valence-electron chi connectivity index (χ2n) is 6.22. The van der Waals surface area contributed by atoms with Crippen molar-refractivity contribution in [2.24, 2.45) is 0 Å². The molecule has 1 aliphatic rings. The molecule has 2 heteroatoms. The van der Waals surface area contributed by atoms with Crippen molar-refractivity contribution in [1.29, 1.82) is 0 Å². The molecule has 0 aromatic heterocycles. The molecule has 0 radical (unpaired) electrons. The molecule has 0 spiro atoms. The van der Waals surface area contributed by atoms with Crippen LogP contribution in [0.1, 0.15) is 28.2 Å². The van der Waals surface area contributed by atoms with Gasteiger partial charge in [0.2, 0.25) is 5.91 Å².